The Labute approximate surface area is 162 Å². The lowest BCUT2D eigenvalue weighted by molar-refractivity contribution is 0.101. The topological polar surface area (TPSA) is 19.0 Å². The third-order valence-electron chi connectivity index (χ3n) is 5.36. The minimum absolute atomic E-state index is 0.179. The first-order chi connectivity index (χ1) is 13.1. The summed E-state index contributed by atoms with van der Waals surface area (Å²) in [6, 6.07) is 15.4. The van der Waals surface area contributed by atoms with Crippen LogP contribution in [0.5, 0.6) is 5.75 Å². The predicted octanol–water partition coefficient (Wildman–Crippen LogP) is 3.25. The van der Waals surface area contributed by atoms with E-state index < -0.39 is 0 Å². The highest BCUT2D eigenvalue weighted by atomic mass is 19.1. The predicted molar refractivity (Wildman–Crippen MR) is 108 cm³/mol. The van der Waals surface area contributed by atoms with Crippen LogP contribution in [0.1, 0.15) is 17.2 Å². The first-order valence-electron chi connectivity index (χ1n) is 9.55. The van der Waals surface area contributed by atoms with E-state index in [-0.39, 0.29) is 11.9 Å². The zero-order valence-electron chi connectivity index (χ0n) is 16.6. The van der Waals surface area contributed by atoms with Gasteiger partial charge in [0.2, 0.25) is 0 Å². The van der Waals surface area contributed by atoms with E-state index in [1.807, 2.05) is 24.3 Å². The fourth-order valence-corrected chi connectivity index (χ4v) is 3.70. The summed E-state index contributed by atoms with van der Waals surface area (Å²) < 4.78 is 18.7. The summed E-state index contributed by atoms with van der Waals surface area (Å²) in [5, 5.41) is 0. The van der Waals surface area contributed by atoms with Crippen molar-refractivity contribution in [2.24, 2.45) is 0 Å². The number of benzene rings is 2. The van der Waals surface area contributed by atoms with Gasteiger partial charge < -0.3 is 9.64 Å². The van der Waals surface area contributed by atoms with Crippen molar-refractivity contribution in [3.8, 4) is 5.75 Å². The summed E-state index contributed by atoms with van der Waals surface area (Å²) in [4.78, 5) is 7.21. The molecule has 0 bridgehead atoms. The first kappa shape index (κ1) is 19.8. The van der Waals surface area contributed by atoms with Crippen molar-refractivity contribution < 1.29 is 9.13 Å². The molecule has 5 heteroatoms. The molecule has 146 valence electrons. The summed E-state index contributed by atoms with van der Waals surface area (Å²) >= 11 is 0. The number of para-hydroxylation sites is 1. The second kappa shape index (κ2) is 9.31. The number of ether oxygens (including phenoxy) is 1. The maximum Gasteiger partial charge on any atom is 0.123 e. The Kier molecular flexibility index (Phi) is 6.83. The highest BCUT2D eigenvalue weighted by Crippen LogP contribution is 2.22. The Morgan fingerprint density at radius 2 is 1.59 bits per heavy atom. The van der Waals surface area contributed by atoms with Crippen molar-refractivity contribution in [2.75, 3.05) is 53.9 Å². The van der Waals surface area contributed by atoms with Crippen molar-refractivity contribution in [1.29, 1.82) is 0 Å². The SMILES string of the molecule is COc1ccccc1CN1CCN(CC(c2ccc(F)cc2)N(C)C)CC1. The average molecular weight is 372 g/mol. The molecule has 1 unspecified atom stereocenters. The van der Waals surface area contributed by atoms with Gasteiger partial charge in [-0.05, 0) is 37.9 Å². The number of halogens is 1. The smallest absolute Gasteiger partial charge is 0.123 e. The molecule has 1 aliphatic heterocycles. The van der Waals surface area contributed by atoms with Gasteiger partial charge in [0.1, 0.15) is 11.6 Å². The molecule has 27 heavy (non-hydrogen) atoms. The largest absolute Gasteiger partial charge is 0.496 e. The summed E-state index contributed by atoms with van der Waals surface area (Å²) in [5.41, 5.74) is 2.41. The highest BCUT2D eigenvalue weighted by Gasteiger charge is 2.23. The molecule has 0 radical (unpaired) electrons. The summed E-state index contributed by atoms with van der Waals surface area (Å²) in [6.45, 7) is 6.05. The zero-order chi connectivity index (χ0) is 19.2. The maximum atomic E-state index is 13.2. The van der Waals surface area contributed by atoms with Gasteiger partial charge in [0.25, 0.3) is 0 Å². The van der Waals surface area contributed by atoms with Crippen molar-refractivity contribution in [2.45, 2.75) is 12.6 Å². The molecular formula is C22H30FN3O. The fourth-order valence-electron chi connectivity index (χ4n) is 3.70. The van der Waals surface area contributed by atoms with Crippen molar-refractivity contribution >= 4 is 0 Å². The Hall–Kier alpha value is -1.95. The Morgan fingerprint density at radius 3 is 2.22 bits per heavy atom. The average Bonchev–Trinajstić information content (AvgIpc) is 2.68. The third kappa shape index (κ3) is 5.28. The van der Waals surface area contributed by atoms with E-state index >= 15 is 0 Å². The van der Waals surface area contributed by atoms with Crippen LogP contribution in [0.25, 0.3) is 0 Å². The van der Waals surface area contributed by atoms with Crippen LogP contribution < -0.4 is 4.74 Å². The maximum absolute atomic E-state index is 13.2. The lowest BCUT2D eigenvalue weighted by Gasteiger charge is -2.38. The Bertz CT molecular complexity index is 712. The van der Waals surface area contributed by atoms with Crippen LogP contribution >= 0.6 is 0 Å². The van der Waals surface area contributed by atoms with Gasteiger partial charge >= 0.3 is 0 Å². The lowest BCUT2D eigenvalue weighted by atomic mass is 10.0. The van der Waals surface area contributed by atoms with E-state index in [1.165, 1.54) is 5.56 Å². The van der Waals surface area contributed by atoms with Crippen LogP contribution in [-0.4, -0.2) is 68.6 Å². The molecule has 4 nitrogen and oxygen atoms in total. The molecule has 1 aliphatic rings. The fraction of sp³-hybridized carbons (Fsp3) is 0.455. The van der Waals surface area contributed by atoms with Crippen molar-refractivity contribution in [3.63, 3.8) is 0 Å². The lowest BCUT2D eigenvalue weighted by Crippen LogP contribution is -2.48. The molecule has 2 aromatic carbocycles. The number of nitrogens with zero attached hydrogens (tertiary/aromatic N) is 3. The molecule has 0 saturated carbocycles. The van der Waals surface area contributed by atoms with Gasteiger partial charge in [-0.3, -0.25) is 9.80 Å². The van der Waals surface area contributed by atoms with Crippen LogP contribution in [-0.2, 0) is 6.54 Å². The van der Waals surface area contributed by atoms with Gasteiger partial charge in [-0.1, -0.05) is 30.3 Å². The number of rotatable bonds is 7. The van der Waals surface area contributed by atoms with E-state index in [0.717, 1.165) is 50.6 Å². The van der Waals surface area contributed by atoms with E-state index in [4.69, 9.17) is 4.74 Å². The molecule has 1 heterocycles. The molecule has 1 saturated heterocycles. The normalized spacial score (nSPS) is 17.2. The first-order valence-corrected chi connectivity index (χ1v) is 9.55. The monoisotopic (exact) mass is 371 g/mol. The highest BCUT2D eigenvalue weighted by molar-refractivity contribution is 5.33. The number of hydrogen-bond donors (Lipinski definition) is 0. The quantitative estimate of drug-likeness (QED) is 0.744. The van der Waals surface area contributed by atoms with Gasteiger partial charge in [-0.15, -0.1) is 0 Å². The van der Waals surface area contributed by atoms with Gasteiger partial charge in [-0.25, -0.2) is 4.39 Å². The molecular weight excluding hydrogens is 341 g/mol. The standard InChI is InChI=1S/C22H30FN3O/c1-24(2)21(18-8-10-20(23)11-9-18)17-26-14-12-25(13-15-26)16-19-6-4-5-7-22(19)27-3/h4-11,21H,12-17H2,1-3H3. The van der Waals surface area contributed by atoms with E-state index in [2.05, 4.69) is 40.9 Å². The molecule has 2 aromatic rings. The summed E-state index contributed by atoms with van der Waals surface area (Å²) in [7, 11) is 5.91. The molecule has 0 N–H and O–H groups in total. The van der Waals surface area contributed by atoms with Gasteiger partial charge in [0.15, 0.2) is 0 Å². The molecule has 1 atom stereocenters. The van der Waals surface area contributed by atoms with Crippen molar-refractivity contribution in [1.82, 2.24) is 14.7 Å². The van der Waals surface area contributed by atoms with Crippen LogP contribution in [0.15, 0.2) is 48.5 Å². The van der Waals surface area contributed by atoms with Crippen LogP contribution in [0.4, 0.5) is 4.39 Å². The van der Waals surface area contributed by atoms with Crippen LogP contribution in [0.3, 0.4) is 0 Å². The van der Waals surface area contributed by atoms with E-state index in [0.29, 0.717) is 0 Å². The molecule has 3 rings (SSSR count). The Morgan fingerprint density at radius 1 is 0.963 bits per heavy atom. The number of likely N-dealkylation sites (N-methyl/N-ethyl adjacent to an activating group) is 1. The molecule has 0 spiro atoms. The summed E-state index contributed by atoms with van der Waals surface area (Å²) in [5.74, 6) is 0.783. The minimum atomic E-state index is -0.179. The van der Waals surface area contributed by atoms with Crippen molar-refractivity contribution in [3.05, 3.63) is 65.5 Å². The molecule has 1 fully saturated rings. The molecule has 0 aromatic heterocycles. The minimum Gasteiger partial charge on any atom is -0.496 e. The number of methoxy groups -OCH3 is 1. The Balaban J connectivity index is 1.55. The van der Waals surface area contributed by atoms with Crippen LogP contribution in [0.2, 0.25) is 0 Å². The zero-order valence-corrected chi connectivity index (χ0v) is 16.6. The van der Waals surface area contributed by atoms with E-state index in [9.17, 15) is 4.39 Å². The van der Waals surface area contributed by atoms with Gasteiger partial charge in [0.05, 0.1) is 7.11 Å². The second-order valence-electron chi connectivity index (χ2n) is 7.42. The van der Waals surface area contributed by atoms with E-state index in [1.54, 1.807) is 19.2 Å². The van der Waals surface area contributed by atoms with Crippen LogP contribution in [0, 0.1) is 5.82 Å². The number of piperazine rings is 1. The molecule has 0 aliphatic carbocycles. The third-order valence-corrected chi connectivity index (χ3v) is 5.36. The second-order valence-corrected chi connectivity index (χ2v) is 7.42. The van der Waals surface area contributed by atoms with Gasteiger partial charge in [0, 0.05) is 50.9 Å². The summed E-state index contributed by atoms with van der Waals surface area (Å²) in [6.07, 6.45) is 0. The molecule has 0 amide bonds. The number of hydrogen-bond acceptors (Lipinski definition) is 4. The van der Waals surface area contributed by atoms with Gasteiger partial charge in [-0.2, -0.15) is 0 Å².